The van der Waals surface area contributed by atoms with Gasteiger partial charge >= 0.3 is 0 Å². The summed E-state index contributed by atoms with van der Waals surface area (Å²) in [5, 5.41) is 9.72. The molecule has 0 radical (unpaired) electrons. The second-order valence-electron chi connectivity index (χ2n) is 14.8. The van der Waals surface area contributed by atoms with Crippen molar-refractivity contribution in [2.45, 2.75) is 39.2 Å². The Kier molecular flexibility index (Phi) is 18.5. The molecule has 1 aliphatic carbocycles. The number of pyridine rings is 1. The van der Waals surface area contributed by atoms with Crippen LogP contribution in [-0.4, -0.2) is 126 Å². The lowest BCUT2D eigenvalue weighted by Gasteiger charge is -2.26. The van der Waals surface area contributed by atoms with Crippen molar-refractivity contribution in [2.75, 3.05) is 103 Å². The molecule has 5 rings (SSSR count). The number of rotatable bonds is 24. The summed E-state index contributed by atoms with van der Waals surface area (Å²) in [6.07, 6.45) is 4.52. The van der Waals surface area contributed by atoms with Crippen LogP contribution in [0.2, 0.25) is 0 Å². The van der Waals surface area contributed by atoms with Crippen molar-refractivity contribution in [2.24, 2.45) is 5.11 Å². The molecule has 0 saturated heterocycles. The number of carbonyl (C=O) groups is 3. The Morgan fingerprint density at radius 2 is 1.52 bits per heavy atom. The first kappa shape index (κ1) is 46.2. The predicted molar refractivity (Wildman–Crippen MR) is 238 cm³/mol. The summed E-state index contributed by atoms with van der Waals surface area (Å²) in [7, 11) is 3.72. The van der Waals surface area contributed by atoms with Gasteiger partial charge in [0.25, 0.3) is 17.7 Å². The van der Waals surface area contributed by atoms with Crippen LogP contribution in [0.5, 0.6) is 0 Å². The molecule has 3 amide bonds. The van der Waals surface area contributed by atoms with E-state index in [9.17, 15) is 14.4 Å². The van der Waals surface area contributed by atoms with Crippen LogP contribution in [0.15, 0.2) is 90.2 Å². The lowest BCUT2D eigenvalue weighted by molar-refractivity contribution is 0.0127. The minimum Gasteiger partial charge on any atom is -0.379 e. The van der Waals surface area contributed by atoms with Gasteiger partial charge in [-0.15, -0.1) is 0 Å². The third-order valence-electron chi connectivity index (χ3n) is 10.6. The molecular weight excluding hydrogens is 775 g/mol. The number of ether oxygens (including phenoxy) is 3. The summed E-state index contributed by atoms with van der Waals surface area (Å²) in [5.74, 6) is -0.751. The summed E-state index contributed by atoms with van der Waals surface area (Å²) in [6.45, 7) is 10.5. The first-order chi connectivity index (χ1) is 29.7. The van der Waals surface area contributed by atoms with Crippen molar-refractivity contribution in [1.82, 2.24) is 20.1 Å². The molecule has 61 heavy (non-hydrogen) atoms. The zero-order valence-electron chi connectivity index (χ0n) is 35.8. The second kappa shape index (κ2) is 24.4. The fraction of sp³-hybridized carbons (Fsp3) is 0.435. The Morgan fingerprint density at radius 1 is 0.803 bits per heavy atom. The highest BCUT2D eigenvalue weighted by Crippen LogP contribution is 2.33. The molecule has 1 atom stereocenters. The van der Waals surface area contributed by atoms with E-state index in [1.807, 2.05) is 37.4 Å². The lowest BCUT2D eigenvalue weighted by Crippen LogP contribution is -2.36. The zero-order chi connectivity index (χ0) is 43.4. The van der Waals surface area contributed by atoms with E-state index >= 15 is 0 Å². The van der Waals surface area contributed by atoms with Gasteiger partial charge in [-0.2, -0.15) is 0 Å². The summed E-state index contributed by atoms with van der Waals surface area (Å²) >= 11 is 0. The van der Waals surface area contributed by atoms with E-state index in [0.717, 1.165) is 43.6 Å². The highest BCUT2D eigenvalue weighted by Gasteiger charge is 2.23. The van der Waals surface area contributed by atoms with Crippen molar-refractivity contribution < 1.29 is 28.6 Å². The van der Waals surface area contributed by atoms with Gasteiger partial charge in [-0.25, -0.2) is 0 Å². The topological polar surface area (TPSA) is 174 Å². The number of carbonyl (C=O) groups excluding carboxylic acids is 3. The lowest BCUT2D eigenvalue weighted by atomic mass is 9.87. The molecule has 1 aromatic heterocycles. The van der Waals surface area contributed by atoms with E-state index < -0.39 is 0 Å². The van der Waals surface area contributed by atoms with E-state index in [-0.39, 0.29) is 23.8 Å². The third-order valence-corrected chi connectivity index (χ3v) is 10.6. The Morgan fingerprint density at radius 3 is 2.30 bits per heavy atom. The average molecular weight is 834 g/mol. The number of benzene rings is 3. The van der Waals surface area contributed by atoms with E-state index in [1.165, 1.54) is 5.56 Å². The number of azide groups is 1. The number of anilines is 2. The van der Waals surface area contributed by atoms with Gasteiger partial charge in [-0.1, -0.05) is 35.4 Å². The van der Waals surface area contributed by atoms with Crippen LogP contribution in [0.1, 0.15) is 74.9 Å². The predicted octanol–water partition coefficient (Wildman–Crippen LogP) is 7.02. The molecule has 1 heterocycles. The zero-order valence-corrected chi connectivity index (χ0v) is 35.8. The molecule has 2 N–H and O–H groups in total. The maximum atomic E-state index is 13.9. The van der Waals surface area contributed by atoms with Gasteiger partial charge in [0.1, 0.15) is 0 Å². The van der Waals surface area contributed by atoms with Crippen molar-refractivity contribution in [1.29, 1.82) is 0 Å². The molecule has 15 nitrogen and oxygen atoms in total. The second-order valence-corrected chi connectivity index (χ2v) is 14.8. The van der Waals surface area contributed by atoms with Gasteiger partial charge in [-0.3, -0.25) is 19.4 Å². The highest BCUT2D eigenvalue weighted by atomic mass is 16.5. The molecule has 324 valence electrons. The number of nitrogens with zero attached hydrogens (tertiary/aromatic N) is 7. The average Bonchev–Trinajstić information content (AvgIpc) is 3.29. The molecule has 4 aromatic rings. The van der Waals surface area contributed by atoms with Gasteiger partial charge < -0.3 is 39.5 Å². The Labute approximate surface area is 359 Å². The highest BCUT2D eigenvalue weighted by molar-refractivity contribution is 6.08. The van der Waals surface area contributed by atoms with Crippen LogP contribution < -0.4 is 15.5 Å². The van der Waals surface area contributed by atoms with Crippen molar-refractivity contribution >= 4 is 29.1 Å². The molecule has 0 aliphatic heterocycles. The first-order valence-corrected chi connectivity index (χ1v) is 21.1. The Hall–Kier alpha value is -5.83. The fourth-order valence-corrected chi connectivity index (χ4v) is 7.16. The Balaban J connectivity index is 1.18. The van der Waals surface area contributed by atoms with Gasteiger partial charge in [0.15, 0.2) is 0 Å². The minimum atomic E-state index is -0.375. The number of amides is 3. The van der Waals surface area contributed by atoms with E-state index in [0.29, 0.717) is 99.5 Å². The molecule has 1 aliphatic rings. The largest absolute Gasteiger partial charge is 0.379 e. The monoisotopic (exact) mass is 833 g/mol. The van der Waals surface area contributed by atoms with E-state index in [4.69, 9.17) is 19.7 Å². The van der Waals surface area contributed by atoms with Crippen LogP contribution >= 0.6 is 0 Å². The number of nitrogens with one attached hydrogen (secondary N) is 2. The van der Waals surface area contributed by atoms with Gasteiger partial charge in [-0.05, 0) is 105 Å². The van der Waals surface area contributed by atoms with Crippen LogP contribution in [0.3, 0.4) is 0 Å². The fourth-order valence-electron chi connectivity index (χ4n) is 7.16. The maximum absolute atomic E-state index is 13.9. The van der Waals surface area contributed by atoms with Crippen molar-refractivity contribution in [3.63, 3.8) is 0 Å². The summed E-state index contributed by atoms with van der Waals surface area (Å²) in [6, 6.07) is 24.2. The number of aryl methyl sites for hydroxylation is 1. The number of aromatic nitrogens is 1. The molecule has 3 aromatic carbocycles. The molecule has 0 fully saturated rings. The maximum Gasteiger partial charge on any atom is 0.255 e. The van der Waals surface area contributed by atoms with Crippen molar-refractivity contribution in [3.8, 4) is 11.3 Å². The molecule has 15 heteroatoms. The molecule has 0 bridgehead atoms. The van der Waals surface area contributed by atoms with Gasteiger partial charge in [0.05, 0.1) is 57.1 Å². The van der Waals surface area contributed by atoms with Crippen molar-refractivity contribution in [3.05, 3.63) is 123 Å². The minimum absolute atomic E-state index is 0.0664. The van der Waals surface area contributed by atoms with E-state index in [1.54, 1.807) is 54.5 Å². The number of fused-ring (bicyclic) bond motifs is 1. The summed E-state index contributed by atoms with van der Waals surface area (Å²) in [4.78, 5) is 54.3. The summed E-state index contributed by atoms with van der Waals surface area (Å²) in [5.41, 5.74) is 14.6. The standard InChI is InChI=1S/C46H59N9O6/c1-5-55(6-2)38-17-18-42(40(33-38)43-32-36(19-20-48-43)45(57)50-41-16-10-12-34-11-7-8-15-39(34)41)51-44(56)35-13-9-14-37(31-35)46(58)54(4)23-22-53(3)24-26-60-28-30-61-29-27-59-25-21-49-52-47/h7-9,11,13-15,17-20,31-33,41H,5-6,10,12,16,21-30H2,1-4H3,(H,50,57)(H,51,56). The number of hydrogen-bond acceptors (Lipinski definition) is 10. The van der Waals surface area contributed by atoms with Crippen LogP contribution in [0.4, 0.5) is 11.4 Å². The normalized spacial score (nSPS) is 13.2. The first-order valence-electron chi connectivity index (χ1n) is 21.1. The van der Waals surface area contributed by atoms with Gasteiger partial charge in [0, 0.05) is 85.4 Å². The number of hydrogen-bond donors (Lipinski definition) is 2. The van der Waals surface area contributed by atoms with E-state index in [2.05, 4.69) is 61.4 Å². The van der Waals surface area contributed by atoms with Crippen LogP contribution in [-0.2, 0) is 20.6 Å². The quantitative estimate of drug-likeness (QED) is 0.0326. The third kappa shape index (κ3) is 13.9. The molecule has 1 unspecified atom stereocenters. The van der Waals surface area contributed by atoms with Crippen LogP contribution in [0.25, 0.3) is 21.7 Å². The molecule has 0 saturated carbocycles. The summed E-state index contributed by atoms with van der Waals surface area (Å²) < 4.78 is 16.4. The van der Waals surface area contributed by atoms with Crippen LogP contribution in [0, 0.1) is 0 Å². The molecule has 0 spiro atoms. The smallest absolute Gasteiger partial charge is 0.255 e. The Bertz CT molecular complexity index is 2110. The van der Waals surface area contributed by atoms with Gasteiger partial charge in [0.2, 0.25) is 0 Å². The molecular formula is C46H59N9O6. The number of likely N-dealkylation sites (N-methyl/N-ethyl adjacent to an activating group) is 2. The SMILES string of the molecule is CCN(CC)c1ccc(NC(=O)c2cccc(C(=O)N(C)CCN(C)CCOCCOCCOCCN=[N+]=[N-])c2)c(-c2cc(C(=O)NC3CCCc4ccccc43)ccn2)c1.